The van der Waals surface area contributed by atoms with Gasteiger partial charge in [0.25, 0.3) is 0 Å². The fourth-order valence-electron chi connectivity index (χ4n) is 1.57. The van der Waals surface area contributed by atoms with Crippen LogP contribution in [-0.2, 0) is 4.79 Å². The largest absolute Gasteiger partial charge is 0.311 e. The third-order valence-electron chi connectivity index (χ3n) is 2.61. The highest BCUT2D eigenvalue weighted by Gasteiger charge is 2.18. The van der Waals surface area contributed by atoms with Gasteiger partial charge in [0.1, 0.15) is 0 Å². The Morgan fingerprint density at radius 2 is 2.14 bits per heavy atom. The van der Waals surface area contributed by atoms with Gasteiger partial charge in [-0.2, -0.15) is 0 Å². The normalized spacial score (nSPS) is 17.1. The first-order valence-corrected chi connectivity index (χ1v) is 5.05. The molecule has 78 valence electrons. The van der Waals surface area contributed by atoms with Gasteiger partial charge in [-0.05, 0) is 37.5 Å². The Morgan fingerprint density at radius 1 is 1.50 bits per heavy atom. The summed E-state index contributed by atoms with van der Waals surface area (Å²) in [4.78, 5) is 11.5. The van der Waals surface area contributed by atoms with Crippen molar-refractivity contribution in [1.29, 1.82) is 0 Å². The zero-order chi connectivity index (χ0) is 10.7. The van der Waals surface area contributed by atoms with Gasteiger partial charge in [0.05, 0.1) is 5.70 Å². The van der Waals surface area contributed by atoms with E-state index in [1.54, 1.807) is 5.01 Å². The van der Waals surface area contributed by atoms with Crippen molar-refractivity contribution in [3.8, 4) is 0 Å². The van der Waals surface area contributed by atoms with Crippen LogP contribution in [0.3, 0.4) is 0 Å². The van der Waals surface area contributed by atoms with Crippen LogP contribution < -0.4 is 5.84 Å². The van der Waals surface area contributed by atoms with Crippen LogP contribution in [0.2, 0.25) is 0 Å². The first-order chi connectivity index (χ1) is 6.60. The molecule has 0 bridgehead atoms. The summed E-state index contributed by atoms with van der Waals surface area (Å²) in [5, 5.41) is 1.70. The summed E-state index contributed by atoms with van der Waals surface area (Å²) in [5.41, 5.74) is 2.97. The Morgan fingerprint density at radius 3 is 2.64 bits per heavy atom. The maximum absolute atomic E-state index is 11.5. The predicted molar refractivity (Wildman–Crippen MR) is 57.3 cm³/mol. The Labute approximate surface area is 85.2 Å². The highest BCUT2D eigenvalue weighted by atomic mass is 16.1. The summed E-state index contributed by atoms with van der Waals surface area (Å²) in [6.45, 7) is 6.66. The Bertz CT molecular complexity index is 302. The summed E-state index contributed by atoms with van der Waals surface area (Å²) < 4.78 is 0. The zero-order valence-corrected chi connectivity index (χ0v) is 9.13. The van der Waals surface area contributed by atoms with Crippen molar-refractivity contribution in [3.05, 3.63) is 22.9 Å². The van der Waals surface area contributed by atoms with Crippen molar-refractivity contribution >= 4 is 5.78 Å². The van der Waals surface area contributed by atoms with Crippen LogP contribution in [0.15, 0.2) is 22.9 Å². The van der Waals surface area contributed by atoms with Gasteiger partial charge in [-0.25, -0.2) is 5.84 Å². The van der Waals surface area contributed by atoms with E-state index in [-0.39, 0.29) is 5.78 Å². The Balaban J connectivity index is 3.03. The van der Waals surface area contributed by atoms with Crippen molar-refractivity contribution in [2.24, 2.45) is 5.84 Å². The monoisotopic (exact) mass is 194 g/mol. The van der Waals surface area contributed by atoms with Crippen LogP contribution in [0.5, 0.6) is 0 Å². The number of ketones is 1. The lowest BCUT2D eigenvalue weighted by molar-refractivity contribution is -0.115. The number of hydrogen-bond donors (Lipinski definition) is 1. The van der Waals surface area contributed by atoms with Crippen LogP contribution in [0.25, 0.3) is 0 Å². The second kappa shape index (κ2) is 4.42. The van der Waals surface area contributed by atoms with Crippen molar-refractivity contribution in [2.75, 3.05) is 6.54 Å². The SMILES string of the molecule is CCC1=C(N(N)CC)C=C(C)C(=O)C1. The molecule has 0 aromatic heterocycles. The van der Waals surface area contributed by atoms with E-state index in [1.165, 1.54) is 0 Å². The average molecular weight is 194 g/mol. The maximum atomic E-state index is 11.5. The standard InChI is InChI=1S/C11H18N2O/c1-4-9-7-11(14)8(3)6-10(9)13(12)5-2/h6H,4-5,7,12H2,1-3H3. The molecule has 0 amide bonds. The quantitative estimate of drug-likeness (QED) is 0.550. The fourth-order valence-corrected chi connectivity index (χ4v) is 1.57. The minimum absolute atomic E-state index is 0.218. The molecular weight excluding hydrogens is 176 g/mol. The maximum Gasteiger partial charge on any atom is 0.162 e. The summed E-state index contributed by atoms with van der Waals surface area (Å²) in [7, 11) is 0. The van der Waals surface area contributed by atoms with Crippen molar-refractivity contribution in [1.82, 2.24) is 5.01 Å². The molecule has 0 saturated heterocycles. The summed E-state index contributed by atoms with van der Waals surface area (Å²) in [5.74, 6) is 6.06. The van der Waals surface area contributed by atoms with Gasteiger partial charge in [-0.3, -0.25) is 4.79 Å². The van der Waals surface area contributed by atoms with Crippen LogP contribution in [0, 0.1) is 0 Å². The molecule has 0 aromatic rings. The van der Waals surface area contributed by atoms with Gasteiger partial charge in [0.2, 0.25) is 0 Å². The Kier molecular flexibility index (Phi) is 3.47. The molecule has 0 unspecified atom stereocenters. The first kappa shape index (κ1) is 11.0. The van der Waals surface area contributed by atoms with Crippen molar-refractivity contribution in [3.63, 3.8) is 0 Å². The number of rotatable bonds is 3. The summed E-state index contributed by atoms with van der Waals surface area (Å²) in [6, 6.07) is 0. The number of carbonyl (C=O) groups is 1. The smallest absolute Gasteiger partial charge is 0.162 e. The van der Waals surface area contributed by atoms with Crippen LogP contribution in [0.4, 0.5) is 0 Å². The molecule has 2 N–H and O–H groups in total. The summed E-state index contributed by atoms with van der Waals surface area (Å²) >= 11 is 0. The van der Waals surface area contributed by atoms with Crippen molar-refractivity contribution in [2.45, 2.75) is 33.6 Å². The van der Waals surface area contributed by atoms with E-state index < -0.39 is 0 Å². The van der Waals surface area contributed by atoms with Gasteiger partial charge in [-0.1, -0.05) is 6.92 Å². The number of allylic oxidation sites excluding steroid dienone is 3. The highest BCUT2D eigenvalue weighted by molar-refractivity contribution is 5.98. The number of Topliss-reactive ketones (excluding diaryl/α,β-unsaturated/α-hetero) is 1. The second-order valence-corrected chi connectivity index (χ2v) is 3.56. The van der Waals surface area contributed by atoms with Crippen molar-refractivity contribution < 1.29 is 4.79 Å². The van der Waals surface area contributed by atoms with Crippen LogP contribution >= 0.6 is 0 Å². The molecule has 14 heavy (non-hydrogen) atoms. The number of nitrogens with zero attached hydrogens (tertiary/aromatic N) is 1. The third kappa shape index (κ3) is 2.04. The van der Waals surface area contributed by atoms with E-state index in [2.05, 4.69) is 6.92 Å². The zero-order valence-electron chi connectivity index (χ0n) is 9.13. The molecule has 1 aliphatic carbocycles. The van der Waals surface area contributed by atoms with Gasteiger partial charge >= 0.3 is 0 Å². The molecule has 0 heterocycles. The minimum Gasteiger partial charge on any atom is -0.311 e. The molecule has 0 saturated carbocycles. The van der Waals surface area contributed by atoms with Gasteiger partial charge in [-0.15, -0.1) is 0 Å². The molecule has 0 fully saturated rings. The molecule has 1 aliphatic rings. The highest BCUT2D eigenvalue weighted by Crippen LogP contribution is 2.24. The second-order valence-electron chi connectivity index (χ2n) is 3.56. The van der Waals surface area contributed by atoms with Crippen LogP contribution in [0.1, 0.15) is 33.6 Å². The Hall–Kier alpha value is -1.09. The van der Waals surface area contributed by atoms with E-state index >= 15 is 0 Å². The first-order valence-electron chi connectivity index (χ1n) is 5.05. The minimum atomic E-state index is 0.218. The average Bonchev–Trinajstić information content (AvgIpc) is 2.20. The van der Waals surface area contributed by atoms with E-state index in [1.807, 2.05) is 19.9 Å². The van der Waals surface area contributed by atoms with Gasteiger partial charge in [0.15, 0.2) is 5.78 Å². The molecule has 0 atom stereocenters. The molecule has 0 aromatic carbocycles. The number of likely N-dealkylation sites (N-methyl/N-ethyl adjacent to an activating group) is 1. The van der Waals surface area contributed by atoms with E-state index in [4.69, 9.17) is 5.84 Å². The lowest BCUT2D eigenvalue weighted by Gasteiger charge is -2.24. The summed E-state index contributed by atoms with van der Waals surface area (Å²) in [6.07, 6.45) is 3.31. The lowest BCUT2D eigenvalue weighted by atomic mass is 9.94. The van der Waals surface area contributed by atoms with Gasteiger partial charge in [0, 0.05) is 13.0 Å². The third-order valence-corrected chi connectivity index (χ3v) is 2.61. The molecule has 3 nitrogen and oxygen atoms in total. The van der Waals surface area contributed by atoms with Gasteiger partial charge < -0.3 is 5.01 Å². The molecule has 0 radical (unpaired) electrons. The van der Waals surface area contributed by atoms with E-state index in [9.17, 15) is 4.79 Å². The number of nitrogens with two attached hydrogens (primary N) is 1. The van der Waals surface area contributed by atoms with E-state index in [0.29, 0.717) is 6.42 Å². The number of carbonyl (C=O) groups excluding carboxylic acids is 1. The predicted octanol–water partition coefficient (Wildman–Crippen LogP) is 1.77. The van der Waals surface area contributed by atoms with E-state index in [0.717, 1.165) is 29.8 Å². The number of hydrogen-bond acceptors (Lipinski definition) is 3. The topological polar surface area (TPSA) is 46.3 Å². The fraction of sp³-hybridized carbons (Fsp3) is 0.545. The molecule has 3 heteroatoms. The lowest BCUT2D eigenvalue weighted by Crippen LogP contribution is -2.32. The molecule has 1 rings (SSSR count). The molecular formula is C11H18N2O. The molecule has 0 spiro atoms. The molecule has 0 aliphatic heterocycles. The number of hydrazine groups is 1. The van der Waals surface area contributed by atoms with Crippen LogP contribution in [-0.4, -0.2) is 17.3 Å².